The Morgan fingerprint density at radius 1 is 0.654 bits per heavy atom. The fraction of sp³-hybridized carbons (Fsp3) is 0.696. The van der Waals surface area contributed by atoms with Crippen molar-refractivity contribution in [2.75, 3.05) is 6.61 Å². The van der Waals surface area contributed by atoms with E-state index >= 15 is 0 Å². The lowest BCUT2D eigenvalue weighted by Crippen LogP contribution is -1.97. The standard InChI is InChI=1S/C23H38O3/c1-2-3-4-5-6-7-8-9-10-11-12-13-14-15-20-25-22-16-18-23(19-17-22)26-21-24/h16-19,21H,2-15,20H2,1H3. The number of carbonyl (C=O) groups is 1. The normalized spacial score (nSPS) is 10.7. The van der Waals surface area contributed by atoms with Crippen molar-refractivity contribution in [1.82, 2.24) is 0 Å². The smallest absolute Gasteiger partial charge is 0.298 e. The molecule has 0 spiro atoms. The number of rotatable bonds is 18. The van der Waals surface area contributed by atoms with Gasteiger partial charge in [-0.05, 0) is 30.7 Å². The number of hydrogen-bond donors (Lipinski definition) is 0. The molecule has 0 aromatic heterocycles. The van der Waals surface area contributed by atoms with Crippen LogP contribution in [0.4, 0.5) is 0 Å². The molecular formula is C23H38O3. The van der Waals surface area contributed by atoms with Crippen LogP contribution in [0.3, 0.4) is 0 Å². The molecule has 0 amide bonds. The van der Waals surface area contributed by atoms with Gasteiger partial charge in [0.25, 0.3) is 6.47 Å². The van der Waals surface area contributed by atoms with E-state index in [0.29, 0.717) is 12.2 Å². The highest BCUT2D eigenvalue weighted by Crippen LogP contribution is 2.18. The van der Waals surface area contributed by atoms with Gasteiger partial charge in [-0.3, -0.25) is 4.79 Å². The van der Waals surface area contributed by atoms with Crippen molar-refractivity contribution in [2.24, 2.45) is 0 Å². The molecule has 1 aromatic carbocycles. The Balaban J connectivity index is 1.81. The van der Waals surface area contributed by atoms with E-state index < -0.39 is 0 Å². The third kappa shape index (κ3) is 12.8. The van der Waals surface area contributed by atoms with E-state index in [9.17, 15) is 4.79 Å². The van der Waals surface area contributed by atoms with Crippen LogP contribution in [0, 0.1) is 0 Å². The third-order valence-corrected chi connectivity index (χ3v) is 4.77. The lowest BCUT2D eigenvalue weighted by Gasteiger charge is -2.07. The Hall–Kier alpha value is -1.51. The summed E-state index contributed by atoms with van der Waals surface area (Å²) < 4.78 is 10.5. The fourth-order valence-electron chi connectivity index (χ4n) is 3.16. The first-order valence-electron chi connectivity index (χ1n) is 10.7. The minimum Gasteiger partial charge on any atom is -0.494 e. The van der Waals surface area contributed by atoms with Gasteiger partial charge < -0.3 is 9.47 Å². The van der Waals surface area contributed by atoms with Gasteiger partial charge in [0.15, 0.2) is 0 Å². The van der Waals surface area contributed by atoms with Crippen LogP contribution in [0.2, 0.25) is 0 Å². The molecule has 0 saturated carbocycles. The first-order valence-corrected chi connectivity index (χ1v) is 10.7. The molecule has 0 aliphatic carbocycles. The zero-order valence-corrected chi connectivity index (χ0v) is 16.7. The lowest BCUT2D eigenvalue weighted by atomic mass is 10.0. The number of unbranched alkanes of at least 4 members (excludes halogenated alkanes) is 13. The van der Waals surface area contributed by atoms with Crippen molar-refractivity contribution >= 4 is 6.47 Å². The molecule has 0 aliphatic heterocycles. The molecule has 3 nitrogen and oxygen atoms in total. The fourth-order valence-corrected chi connectivity index (χ4v) is 3.16. The van der Waals surface area contributed by atoms with Crippen LogP contribution in [-0.2, 0) is 4.79 Å². The highest BCUT2D eigenvalue weighted by Gasteiger charge is 1.97. The molecule has 0 heterocycles. The molecule has 1 rings (SSSR count). The number of carbonyl (C=O) groups excluding carboxylic acids is 1. The number of ether oxygens (including phenoxy) is 2. The van der Waals surface area contributed by atoms with Crippen molar-refractivity contribution in [3.63, 3.8) is 0 Å². The minimum atomic E-state index is 0.435. The first-order chi connectivity index (χ1) is 12.9. The Kier molecular flexibility index (Phi) is 14.7. The van der Waals surface area contributed by atoms with Crippen molar-refractivity contribution in [3.8, 4) is 11.5 Å². The molecule has 1 aromatic rings. The number of hydrogen-bond acceptors (Lipinski definition) is 3. The van der Waals surface area contributed by atoms with Crippen LogP contribution in [0.15, 0.2) is 24.3 Å². The van der Waals surface area contributed by atoms with Crippen LogP contribution >= 0.6 is 0 Å². The molecule has 0 unspecified atom stereocenters. The van der Waals surface area contributed by atoms with Gasteiger partial charge in [-0.1, -0.05) is 90.4 Å². The van der Waals surface area contributed by atoms with Gasteiger partial charge in [-0.25, -0.2) is 0 Å². The molecule has 0 N–H and O–H groups in total. The molecule has 148 valence electrons. The van der Waals surface area contributed by atoms with Gasteiger partial charge in [0.1, 0.15) is 11.5 Å². The summed E-state index contributed by atoms with van der Waals surface area (Å²) >= 11 is 0. The summed E-state index contributed by atoms with van der Waals surface area (Å²) in [6.45, 7) is 3.47. The average molecular weight is 363 g/mol. The second kappa shape index (κ2) is 16.9. The molecular weight excluding hydrogens is 324 g/mol. The molecule has 3 heteroatoms. The van der Waals surface area contributed by atoms with Gasteiger partial charge in [-0.2, -0.15) is 0 Å². The topological polar surface area (TPSA) is 35.5 Å². The molecule has 0 saturated heterocycles. The summed E-state index contributed by atoms with van der Waals surface area (Å²) in [5, 5.41) is 0. The van der Waals surface area contributed by atoms with E-state index in [-0.39, 0.29) is 0 Å². The Morgan fingerprint density at radius 3 is 1.54 bits per heavy atom. The second-order valence-corrected chi connectivity index (χ2v) is 7.13. The average Bonchev–Trinajstić information content (AvgIpc) is 2.66. The summed E-state index contributed by atoms with van der Waals surface area (Å²) in [5.74, 6) is 1.38. The summed E-state index contributed by atoms with van der Waals surface area (Å²) in [6.07, 6.45) is 19.1. The van der Waals surface area contributed by atoms with E-state index in [4.69, 9.17) is 9.47 Å². The van der Waals surface area contributed by atoms with E-state index in [1.807, 2.05) is 12.1 Å². The van der Waals surface area contributed by atoms with Crippen molar-refractivity contribution < 1.29 is 14.3 Å². The SMILES string of the molecule is CCCCCCCCCCCCCCCCOc1ccc(OC=O)cc1. The summed E-state index contributed by atoms with van der Waals surface area (Å²) in [5.41, 5.74) is 0. The zero-order valence-electron chi connectivity index (χ0n) is 16.7. The van der Waals surface area contributed by atoms with Gasteiger partial charge in [0.05, 0.1) is 6.61 Å². The van der Waals surface area contributed by atoms with E-state index in [1.54, 1.807) is 12.1 Å². The maximum atomic E-state index is 10.2. The van der Waals surface area contributed by atoms with E-state index in [2.05, 4.69) is 6.92 Å². The van der Waals surface area contributed by atoms with Gasteiger partial charge in [-0.15, -0.1) is 0 Å². The Morgan fingerprint density at radius 2 is 1.08 bits per heavy atom. The van der Waals surface area contributed by atoms with Crippen LogP contribution < -0.4 is 9.47 Å². The van der Waals surface area contributed by atoms with E-state index in [1.165, 1.54) is 83.5 Å². The molecule has 0 radical (unpaired) electrons. The largest absolute Gasteiger partial charge is 0.494 e. The summed E-state index contributed by atoms with van der Waals surface area (Å²) in [4.78, 5) is 10.2. The summed E-state index contributed by atoms with van der Waals surface area (Å²) in [6, 6.07) is 7.16. The summed E-state index contributed by atoms with van der Waals surface area (Å²) in [7, 11) is 0. The van der Waals surface area contributed by atoms with Gasteiger partial charge in [0.2, 0.25) is 0 Å². The molecule has 0 bridgehead atoms. The van der Waals surface area contributed by atoms with Gasteiger partial charge >= 0.3 is 0 Å². The number of benzene rings is 1. The van der Waals surface area contributed by atoms with E-state index in [0.717, 1.165) is 18.8 Å². The lowest BCUT2D eigenvalue weighted by molar-refractivity contribution is -0.120. The van der Waals surface area contributed by atoms with Crippen molar-refractivity contribution in [3.05, 3.63) is 24.3 Å². The molecule has 26 heavy (non-hydrogen) atoms. The Bertz CT molecular complexity index is 428. The molecule has 0 atom stereocenters. The van der Waals surface area contributed by atoms with Crippen molar-refractivity contribution in [1.29, 1.82) is 0 Å². The predicted octanol–water partition coefficient (Wildman–Crippen LogP) is 7.08. The minimum absolute atomic E-state index is 0.435. The van der Waals surface area contributed by atoms with Gasteiger partial charge in [0, 0.05) is 0 Å². The van der Waals surface area contributed by atoms with Crippen LogP contribution in [-0.4, -0.2) is 13.1 Å². The monoisotopic (exact) mass is 362 g/mol. The highest BCUT2D eigenvalue weighted by atomic mass is 16.5. The predicted molar refractivity (Wildman–Crippen MR) is 109 cm³/mol. The highest BCUT2D eigenvalue weighted by molar-refractivity contribution is 5.45. The molecule has 0 aliphatic rings. The Labute approximate surface area is 160 Å². The third-order valence-electron chi connectivity index (χ3n) is 4.77. The first kappa shape index (κ1) is 22.5. The van der Waals surface area contributed by atoms with Crippen LogP contribution in [0.25, 0.3) is 0 Å². The van der Waals surface area contributed by atoms with Crippen LogP contribution in [0.5, 0.6) is 11.5 Å². The maximum Gasteiger partial charge on any atom is 0.298 e. The zero-order chi connectivity index (χ0) is 18.7. The van der Waals surface area contributed by atoms with Crippen molar-refractivity contribution in [2.45, 2.75) is 96.8 Å². The maximum absolute atomic E-state index is 10.2. The molecule has 0 fully saturated rings. The second-order valence-electron chi connectivity index (χ2n) is 7.13. The quantitative estimate of drug-likeness (QED) is 0.207. The van der Waals surface area contributed by atoms with Crippen LogP contribution in [0.1, 0.15) is 96.8 Å².